The molecule has 1 aromatic carbocycles. The predicted molar refractivity (Wildman–Crippen MR) is 65.1 cm³/mol. The Kier molecular flexibility index (Phi) is 4.10. The minimum Gasteiger partial charge on any atom is -0.387 e. The summed E-state index contributed by atoms with van der Waals surface area (Å²) >= 11 is 0. The summed E-state index contributed by atoms with van der Waals surface area (Å²) < 4.78 is 23.2. The number of aliphatic hydroxyl groups is 1. The third-order valence-electron chi connectivity index (χ3n) is 2.83. The van der Waals surface area contributed by atoms with Gasteiger partial charge in [-0.05, 0) is 19.4 Å². The summed E-state index contributed by atoms with van der Waals surface area (Å²) in [7, 11) is -3.21. The zero-order chi connectivity index (χ0) is 12.3. The van der Waals surface area contributed by atoms with Gasteiger partial charge in [-0.25, -0.2) is 8.42 Å². The van der Waals surface area contributed by atoms with E-state index in [9.17, 15) is 13.5 Å². The van der Waals surface area contributed by atoms with Crippen molar-refractivity contribution in [1.82, 2.24) is 0 Å². The van der Waals surface area contributed by atoms with Gasteiger partial charge >= 0.3 is 0 Å². The van der Waals surface area contributed by atoms with Crippen LogP contribution in [0.1, 0.15) is 31.1 Å². The molecule has 0 bridgehead atoms. The van der Waals surface area contributed by atoms with E-state index >= 15 is 0 Å². The molecular formula is C12H18O3S. The van der Waals surface area contributed by atoms with Gasteiger partial charge in [0.2, 0.25) is 0 Å². The lowest BCUT2D eigenvalue weighted by Gasteiger charge is -2.18. The molecule has 1 aromatic rings. The van der Waals surface area contributed by atoms with Crippen molar-refractivity contribution in [2.75, 3.05) is 5.75 Å². The molecule has 0 aliphatic heterocycles. The van der Waals surface area contributed by atoms with Crippen molar-refractivity contribution in [2.45, 2.75) is 32.1 Å². The first kappa shape index (κ1) is 13.2. The van der Waals surface area contributed by atoms with Gasteiger partial charge in [0.1, 0.15) is 0 Å². The largest absolute Gasteiger partial charge is 0.387 e. The lowest BCUT2D eigenvalue weighted by atomic mass is 10.1. The first-order valence-corrected chi connectivity index (χ1v) is 7.06. The highest BCUT2D eigenvalue weighted by molar-refractivity contribution is 7.92. The van der Waals surface area contributed by atoms with E-state index in [-0.39, 0.29) is 5.75 Å². The highest BCUT2D eigenvalue weighted by Crippen LogP contribution is 2.22. The Bertz CT molecular complexity index is 434. The molecule has 16 heavy (non-hydrogen) atoms. The number of rotatable bonds is 4. The van der Waals surface area contributed by atoms with Crippen LogP contribution in [-0.4, -0.2) is 24.5 Å². The molecule has 0 aliphatic rings. The van der Waals surface area contributed by atoms with Crippen LogP contribution in [0.4, 0.5) is 0 Å². The minimum atomic E-state index is -3.21. The smallest absolute Gasteiger partial charge is 0.155 e. The van der Waals surface area contributed by atoms with Crippen molar-refractivity contribution in [3.63, 3.8) is 0 Å². The van der Waals surface area contributed by atoms with Crippen LogP contribution in [0.3, 0.4) is 0 Å². The first-order valence-electron chi connectivity index (χ1n) is 5.34. The molecule has 0 amide bonds. The third kappa shape index (κ3) is 2.83. The van der Waals surface area contributed by atoms with Crippen LogP contribution in [-0.2, 0) is 9.84 Å². The van der Waals surface area contributed by atoms with E-state index in [1.54, 1.807) is 26.0 Å². The second kappa shape index (κ2) is 4.97. The Morgan fingerprint density at radius 2 is 1.75 bits per heavy atom. The van der Waals surface area contributed by atoms with E-state index in [2.05, 4.69) is 0 Å². The molecule has 0 radical (unpaired) electrons. The van der Waals surface area contributed by atoms with Crippen molar-refractivity contribution in [1.29, 1.82) is 0 Å². The monoisotopic (exact) mass is 242 g/mol. The van der Waals surface area contributed by atoms with Gasteiger partial charge < -0.3 is 5.11 Å². The van der Waals surface area contributed by atoms with E-state index in [0.29, 0.717) is 5.56 Å². The van der Waals surface area contributed by atoms with Crippen LogP contribution >= 0.6 is 0 Å². The Hall–Kier alpha value is -0.870. The average molecular weight is 242 g/mol. The second-order valence-corrected chi connectivity index (χ2v) is 6.66. The van der Waals surface area contributed by atoms with Gasteiger partial charge in [0.25, 0.3) is 0 Å². The van der Waals surface area contributed by atoms with Gasteiger partial charge in [0.05, 0.1) is 11.4 Å². The first-order chi connectivity index (χ1) is 7.38. The fraction of sp³-hybridized carbons (Fsp3) is 0.500. The maximum Gasteiger partial charge on any atom is 0.155 e. The molecule has 90 valence electrons. The van der Waals surface area contributed by atoms with E-state index in [0.717, 1.165) is 5.56 Å². The van der Waals surface area contributed by atoms with E-state index < -0.39 is 21.2 Å². The topological polar surface area (TPSA) is 54.4 Å². The quantitative estimate of drug-likeness (QED) is 0.876. The van der Waals surface area contributed by atoms with Gasteiger partial charge in [-0.2, -0.15) is 0 Å². The Morgan fingerprint density at radius 3 is 2.19 bits per heavy atom. The van der Waals surface area contributed by atoms with Crippen molar-refractivity contribution >= 4 is 9.84 Å². The Balaban J connectivity index is 2.94. The third-order valence-corrected chi connectivity index (χ3v) is 5.03. The van der Waals surface area contributed by atoms with Crippen molar-refractivity contribution in [3.8, 4) is 0 Å². The SMILES string of the molecule is CCS(=O)(=O)[C@@H](C)[C@@H](O)c1ccc(C)cc1. The van der Waals surface area contributed by atoms with Crippen LogP contribution in [0.5, 0.6) is 0 Å². The van der Waals surface area contributed by atoms with E-state index in [4.69, 9.17) is 0 Å². The number of hydrogen-bond acceptors (Lipinski definition) is 3. The number of aryl methyl sites for hydroxylation is 1. The van der Waals surface area contributed by atoms with Crippen molar-refractivity contribution in [2.24, 2.45) is 0 Å². The predicted octanol–water partition coefficient (Wildman–Crippen LogP) is 1.85. The number of sulfone groups is 1. The molecule has 0 aromatic heterocycles. The fourth-order valence-corrected chi connectivity index (χ4v) is 2.57. The Morgan fingerprint density at radius 1 is 1.25 bits per heavy atom. The normalized spacial score (nSPS) is 15.8. The zero-order valence-corrected chi connectivity index (χ0v) is 10.7. The van der Waals surface area contributed by atoms with Gasteiger partial charge in [-0.1, -0.05) is 36.8 Å². The van der Waals surface area contributed by atoms with Crippen molar-refractivity contribution < 1.29 is 13.5 Å². The van der Waals surface area contributed by atoms with Gasteiger partial charge in [0.15, 0.2) is 9.84 Å². The summed E-state index contributed by atoms with van der Waals surface area (Å²) in [5.74, 6) is 0.0527. The Labute approximate surface area is 97.0 Å². The van der Waals surface area contributed by atoms with Gasteiger partial charge in [-0.3, -0.25) is 0 Å². The molecule has 0 saturated carbocycles. The minimum absolute atomic E-state index is 0.0527. The molecule has 1 N–H and O–H groups in total. The molecule has 0 saturated heterocycles. The molecule has 0 fully saturated rings. The van der Waals surface area contributed by atoms with Gasteiger partial charge in [-0.15, -0.1) is 0 Å². The summed E-state index contributed by atoms with van der Waals surface area (Å²) in [6.45, 7) is 5.08. The van der Waals surface area contributed by atoms with Crippen LogP contribution in [0.25, 0.3) is 0 Å². The van der Waals surface area contributed by atoms with E-state index in [1.807, 2.05) is 19.1 Å². The van der Waals surface area contributed by atoms with Gasteiger partial charge in [0, 0.05) is 5.75 Å². The summed E-state index contributed by atoms with van der Waals surface area (Å²) in [5.41, 5.74) is 1.73. The van der Waals surface area contributed by atoms with Crippen LogP contribution < -0.4 is 0 Å². The molecule has 0 unspecified atom stereocenters. The van der Waals surface area contributed by atoms with Crippen LogP contribution in [0.2, 0.25) is 0 Å². The summed E-state index contributed by atoms with van der Waals surface area (Å²) in [6, 6.07) is 7.26. The van der Waals surface area contributed by atoms with Crippen LogP contribution in [0, 0.1) is 6.92 Å². The molecule has 1 rings (SSSR count). The fourth-order valence-electron chi connectivity index (χ4n) is 1.49. The molecule has 0 heterocycles. The highest BCUT2D eigenvalue weighted by Gasteiger charge is 2.27. The molecule has 0 spiro atoms. The number of benzene rings is 1. The van der Waals surface area contributed by atoms with Crippen LogP contribution in [0.15, 0.2) is 24.3 Å². The number of aliphatic hydroxyl groups excluding tert-OH is 1. The average Bonchev–Trinajstić information content (AvgIpc) is 2.28. The maximum absolute atomic E-state index is 11.6. The zero-order valence-electron chi connectivity index (χ0n) is 9.84. The molecular weight excluding hydrogens is 224 g/mol. The van der Waals surface area contributed by atoms with Crippen molar-refractivity contribution in [3.05, 3.63) is 35.4 Å². The second-order valence-electron chi connectivity index (χ2n) is 4.01. The maximum atomic E-state index is 11.6. The molecule has 2 atom stereocenters. The lowest BCUT2D eigenvalue weighted by molar-refractivity contribution is 0.176. The summed E-state index contributed by atoms with van der Waals surface area (Å²) in [4.78, 5) is 0. The summed E-state index contributed by atoms with van der Waals surface area (Å²) in [5, 5.41) is 9.20. The standard InChI is InChI=1S/C12H18O3S/c1-4-16(14,15)10(3)12(13)11-7-5-9(2)6-8-11/h5-8,10,12-13H,4H2,1-3H3/t10-,12+/m0/s1. The summed E-state index contributed by atoms with van der Waals surface area (Å²) in [6.07, 6.45) is -0.953. The van der Waals surface area contributed by atoms with E-state index in [1.165, 1.54) is 0 Å². The highest BCUT2D eigenvalue weighted by atomic mass is 32.2. The molecule has 0 aliphatic carbocycles. The molecule has 3 nitrogen and oxygen atoms in total. The number of hydrogen-bond donors (Lipinski definition) is 1. The molecule has 4 heteroatoms. The lowest BCUT2D eigenvalue weighted by Crippen LogP contribution is -2.26.